The zero-order valence-electron chi connectivity index (χ0n) is 11.7. The summed E-state index contributed by atoms with van der Waals surface area (Å²) in [5, 5.41) is 3.45. The van der Waals surface area contributed by atoms with Gasteiger partial charge in [-0.25, -0.2) is 0 Å². The Bertz CT molecular complexity index is 457. The van der Waals surface area contributed by atoms with E-state index in [0.29, 0.717) is 23.9 Å². The number of benzene rings is 1. The first kappa shape index (κ1) is 12.7. The maximum atomic E-state index is 12.9. The van der Waals surface area contributed by atoms with Crippen molar-refractivity contribution in [3.63, 3.8) is 0 Å². The second kappa shape index (κ2) is 4.97. The van der Waals surface area contributed by atoms with E-state index in [1.165, 1.54) is 0 Å². The zero-order chi connectivity index (χ0) is 13.4. The quantitative estimate of drug-likeness (QED) is 0.899. The number of amides is 1. The van der Waals surface area contributed by atoms with E-state index in [4.69, 9.17) is 0 Å². The van der Waals surface area contributed by atoms with Crippen molar-refractivity contribution in [2.24, 2.45) is 5.92 Å². The molecular formula is C16H22N2O. The Kier molecular flexibility index (Phi) is 3.31. The minimum atomic E-state index is 0.000509. The van der Waals surface area contributed by atoms with Crippen LogP contribution in [-0.2, 0) is 4.79 Å². The average molecular weight is 258 g/mol. The summed E-state index contributed by atoms with van der Waals surface area (Å²) in [4.78, 5) is 15.0. The summed E-state index contributed by atoms with van der Waals surface area (Å²) in [5.41, 5.74) is 1.15. The van der Waals surface area contributed by atoms with Gasteiger partial charge in [0.25, 0.3) is 0 Å². The number of likely N-dealkylation sites (tertiary alicyclic amines) is 1. The Morgan fingerprint density at radius 2 is 2.05 bits per heavy atom. The number of nitrogens with zero attached hydrogens (tertiary/aromatic N) is 1. The van der Waals surface area contributed by atoms with Gasteiger partial charge in [-0.1, -0.05) is 44.2 Å². The summed E-state index contributed by atoms with van der Waals surface area (Å²) in [6, 6.07) is 11.2. The van der Waals surface area contributed by atoms with Gasteiger partial charge < -0.3 is 10.2 Å². The highest BCUT2D eigenvalue weighted by atomic mass is 16.2. The smallest absolute Gasteiger partial charge is 0.230 e. The van der Waals surface area contributed by atoms with Crippen LogP contribution in [0.5, 0.6) is 0 Å². The molecule has 2 saturated heterocycles. The predicted octanol–water partition coefficient (Wildman–Crippen LogP) is 2.00. The number of carbonyl (C=O) groups is 1. The third kappa shape index (κ3) is 2.27. The van der Waals surface area contributed by atoms with Crippen molar-refractivity contribution in [3.8, 4) is 0 Å². The first-order valence-electron chi connectivity index (χ1n) is 7.25. The summed E-state index contributed by atoms with van der Waals surface area (Å²) in [7, 11) is 0. The summed E-state index contributed by atoms with van der Waals surface area (Å²) in [6.07, 6.45) is 1.13. The van der Waals surface area contributed by atoms with E-state index < -0.39 is 0 Å². The average Bonchev–Trinajstić information content (AvgIpc) is 3.02. The lowest BCUT2D eigenvalue weighted by Crippen LogP contribution is -2.48. The molecule has 2 bridgehead atoms. The molecule has 0 radical (unpaired) electrons. The molecule has 0 spiro atoms. The molecule has 3 nitrogen and oxygen atoms in total. The SMILES string of the molecule is CC(C)C(C(=O)N1C[C@@H]2C[C@H]1CN2)c1ccccc1. The Balaban J connectivity index is 1.83. The zero-order valence-corrected chi connectivity index (χ0v) is 11.7. The van der Waals surface area contributed by atoms with Crippen molar-refractivity contribution in [2.75, 3.05) is 13.1 Å². The monoisotopic (exact) mass is 258 g/mol. The summed E-state index contributed by atoms with van der Waals surface area (Å²) < 4.78 is 0. The number of fused-ring (bicyclic) bond motifs is 2. The molecular weight excluding hydrogens is 236 g/mol. The van der Waals surface area contributed by atoms with Gasteiger partial charge in [0.2, 0.25) is 5.91 Å². The number of piperazine rings is 1. The number of rotatable bonds is 3. The van der Waals surface area contributed by atoms with Crippen LogP contribution < -0.4 is 5.32 Å². The van der Waals surface area contributed by atoms with Gasteiger partial charge >= 0.3 is 0 Å². The second-order valence-electron chi connectivity index (χ2n) is 6.12. The van der Waals surface area contributed by atoms with Crippen LogP contribution in [0, 0.1) is 5.92 Å². The van der Waals surface area contributed by atoms with Crippen LogP contribution in [0.4, 0.5) is 0 Å². The molecule has 1 aromatic rings. The van der Waals surface area contributed by atoms with Crippen molar-refractivity contribution in [1.29, 1.82) is 0 Å². The van der Waals surface area contributed by atoms with Gasteiger partial charge in [-0.15, -0.1) is 0 Å². The molecule has 102 valence electrons. The third-order valence-electron chi connectivity index (χ3n) is 4.43. The molecule has 2 aliphatic heterocycles. The van der Waals surface area contributed by atoms with Crippen LogP contribution in [0.25, 0.3) is 0 Å². The van der Waals surface area contributed by atoms with E-state index in [9.17, 15) is 4.79 Å². The lowest BCUT2D eigenvalue weighted by atomic mass is 9.87. The van der Waals surface area contributed by atoms with Crippen LogP contribution in [-0.4, -0.2) is 36.0 Å². The van der Waals surface area contributed by atoms with E-state index >= 15 is 0 Å². The Morgan fingerprint density at radius 3 is 2.58 bits per heavy atom. The van der Waals surface area contributed by atoms with E-state index in [0.717, 1.165) is 25.1 Å². The minimum absolute atomic E-state index is 0.000509. The minimum Gasteiger partial charge on any atom is -0.336 e. The van der Waals surface area contributed by atoms with Gasteiger partial charge in [0.1, 0.15) is 0 Å². The Labute approximate surface area is 115 Å². The van der Waals surface area contributed by atoms with E-state index in [1.54, 1.807) is 0 Å². The molecule has 0 aliphatic carbocycles. The molecule has 2 heterocycles. The molecule has 3 atom stereocenters. The molecule has 1 amide bonds. The number of hydrogen-bond donors (Lipinski definition) is 1. The van der Waals surface area contributed by atoms with Gasteiger partial charge in [-0.2, -0.15) is 0 Å². The van der Waals surface area contributed by atoms with Crippen LogP contribution in [0.1, 0.15) is 31.7 Å². The van der Waals surface area contributed by atoms with Crippen LogP contribution >= 0.6 is 0 Å². The van der Waals surface area contributed by atoms with Crippen LogP contribution in [0.15, 0.2) is 30.3 Å². The lowest BCUT2D eigenvalue weighted by molar-refractivity contribution is -0.135. The molecule has 2 fully saturated rings. The van der Waals surface area contributed by atoms with Crippen molar-refractivity contribution < 1.29 is 4.79 Å². The Hall–Kier alpha value is -1.35. The highest BCUT2D eigenvalue weighted by molar-refractivity contribution is 5.84. The molecule has 3 rings (SSSR count). The third-order valence-corrected chi connectivity index (χ3v) is 4.43. The maximum Gasteiger partial charge on any atom is 0.230 e. The second-order valence-corrected chi connectivity index (χ2v) is 6.12. The van der Waals surface area contributed by atoms with Crippen molar-refractivity contribution in [2.45, 2.75) is 38.3 Å². The number of carbonyl (C=O) groups excluding carboxylic acids is 1. The van der Waals surface area contributed by atoms with E-state index in [1.807, 2.05) is 18.2 Å². The van der Waals surface area contributed by atoms with E-state index in [2.05, 4.69) is 36.2 Å². The topological polar surface area (TPSA) is 32.3 Å². The van der Waals surface area contributed by atoms with Crippen LogP contribution in [0.3, 0.4) is 0 Å². The fourth-order valence-corrected chi connectivity index (χ4v) is 3.48. The molecule has 1 unspecified atom stereocenters. The molecule has 19 heavy (non-hydrogen) atoms. The molecule has 3 heteroatoms. The van der Waals surface area contributed by atoms with Crippen LogP contribution in [0.2, 0.25) is 0 Å². The van der Waals surface area contributed by atoms with E-state index in [-0.39, 0.29) is 5.92 Å². The van der Waals surface area contributed by atoms with Crippen molar-refractivity contribution >= 4 is 5.91 Å². The maximum absolute atomic E-state index is 12.9. The Morgan fingerprint density at radius 1 is 1.32 bits per heavy atom. The fourth-order valence-electron chi connectivity index (χ4n) is 3.48. The van der Waals surface area contributed by atoms with Gasteiger partial charge in [-0.05, 0) is 17.9 Å². The summed E-state index contributed by atoms with van der Waals surface area (Å²) in [5.74, 6) is 0.651. The standard InChI is InChI=1S/C16H22N2O/c1-11(2)15(12-6-4-3-5-7-12)16(19)18-10-13-8-14(18)9-17-13/h3-7,11,13-15,17H,8-10H2,1-2H3/t13-,14-,15?/m0/s1. The molecule has 2 aliphatic rings. The number of hydrogen-bond acceptors (Lipinski definition) is 2. The first-order chi connectivity index (χ1) is 9.16. The van der Waals surface area contributed by atoms with Gasteiger partial charge in [0.15, 0.2) is 0 Å². The molecule has 1 aromatic carbocycles. The van der Waals surface area contributed by atoms with Gasteiger partial charge in [0, 0.05) is 25.2 Å². The lowest BCUT2D eigenvalue weighted by Gasteiger charge is -2.32. The van der Waals surface area contributed by atoms with Gasteiger partial charge in [0.05, 0.1) is 5.92 Å². The normalized spacial score (nSPS) is 27.0. The molecule has 0 aromatic heterocycles. The highest BCUT2D eigenvalue weighted by Gasteiger charge is 2.42. The fraction of sp³-hybridized carbons (Fsp3) is 0.562. The predicted molar refractivity (Wildman–Crippen MR) is 75.9 cm³/mol. The highest BCUT2D eigenvalue weighted by Crippen LogP contribution is 2.31. The van der Waals surface area contributed by atoms with Crippen molar-refractivity contribution in [3.05, 3.63) is 35.9 Å². The largest absolute Gasteiger partial charge is 0.336 e. The van der Waals surface area contributed by atoms with Crippen molar-refractivity contribution in [1.82, 2.24) is 10.2 Å². The molecule has 0 saturated carbocycles. The summed E-state index contributed by atoms with van der Waals surface area (Å²) in [6.45, 7) is 6.14. The number of nitrogens with one attached hydrogen (secondary N) is 1. The molecule has 1 N–H and O–H groups in total. The van der Waals surface area contributed by atoms with Gasteiger partial charge in [-0.3, -0.25) is 4.79 Å². The summed E-state index contributed by atoms with van der Waals surface area (Å²) >= 11 is 0. The first-order valence-corrected chi connectivity index (χ1v) is 7.25.